The van der Waals surface area contributed by atoms with Gasteiger partial charge in [0.1, 0.15) is 0 Å². The lowest BCUT2D eigenvalue weighted by atomic mass is 9.92. The van der Waals surface area contributed by atoms with Crippen LogP contribution in [0.2, 0.25) is 0 Å². The van der Waals surface area contributed by atoms with E-state index in [1.165, 1.54) is 31.2 Å². The van der Waals surface area contributed by atoms with Crippen molar-refractivity contribution in [1.82, 2.24) is 9.80 Å². The van der Waals surface area contributed by atoms with E-state index in [4.69, 9.17) is 9.47 Å². The molecule has 0 spiro atoms. The number of benzene rings is 1. The molecule has 0 saturated carbocycles. The third-order valence-electron chi connectivity index (χ3n) is 5.70. The maximum Gasteiger partial charge on any atom is 0.231 e. The van der Waals surface area contributed by atoms with E-state index in [2.05, 4.69) is 11.0 Å². The molecule has 1 aromatic rings. The molecule has 3 aliphatic heterocycles. The predicted octanol–water partition coefficient (Wildman–Crippen LogP) is 3.03. The average molecular weight is 344 g/mol. The zero-order chi connectivity index (χ0) is 17.1. The van der Waals surface area contributed by atoms with Crippen molar-refractivity contribution in [2.75, 3.05) is 33.0 Å². The lowest BCUT2D eigenvalue weighted by molar-refractivity contribution is -0.130. The number of piperidine rings is 1. The molecule has 4 rings (SSSR count). The summed E-state index contributed by atoms with van der Waals surface area (Å²) in [7, 11) is 0. The van der Waals surface area contributed by atoms with Crippen LogP contribution in [0, 0.1) is 5.92 Å². The van der Waals surface area contributed by atoms with Gasteiger partial charge >= 0.3 is 0 Å². The first kappa shape index (κ1) is 16.7. The molecule has 0 bridgehead atoms. The number of amides is 1. The summed E-state index contributed by atoms with van der Waals surface area (Å²) >= 11 is 0. The Hall–Kier alpha value is -1.75. The van der Waals surface area contributed by atoms with E-state index < -0.39 is 0 Å². The molecule has 2 fully saturated rings. The zero-order valence-corrected chi connectivity index (χ0v) is 14.9. The first-order valence-corrected chi connectivity index (χ1v) is 9.67. The lowest BCUT2D eigenvalue weighted by Crippen LogP contribution is -2.36. The number of hydrogen-bond donors (Lipinski definition) is 0. The summed E-state index contributed by atoms with van der Waals surface area (Å²) < 4.78 is 11.1. The maximum atomic E-state index is 12.3. The first-order chi connectivity index (χ1) is 12.3. The number of likely N-dealkylation sites (tertiary alicyclic amines) is 2. The lowest BCUT2D eigenvalue weighted by Gasteiger charge is -2.33. The molecule has 3 aliphatic rings. The molecule has 3 heterocycles. The summed E-state index contributed by atoms with van der Waals surface area (Å²) in [4.78, 5) is 16.8. The van der Waals surface area contributed by atoms with Gasteiger partial charge in [0, 0.05) is 38.2 Å². The largest absolute Gasteiger partial charge is 0.454 e. The quantitative estimate of drug-likeness (QED) is 0.823. The Bertz CT molecular complexity index is 613. The molecule has 1 aromatic carbocycles. The fraction of sp³-hybridized carbons (Fsp3) is 0.650. The van der Waals surface area contributed by atoms with Crippen molar-refractivity contribution in [1.29, 1.82) is 0 Å². The third kappa shape index (κ3) is 3.92. The SMILES string of the molecule is O=C(CC[C@@H]1CCCN(Cc2cccc3c2OCO3)C1)N1CCCC1. The summed E-state index contributed by atoms with van der Waals surface area (Å²) in [5.41, 5.74) is 1.21. The molecule has 25 heavy (non-hydrogen) atoms. The Morgan fingerprint density at radius 2 is 2.00 bits per heavy atom. The normalized spacial score (nSPS) is 23.2. The highest BCUT2D eigenvalue weighted by Crippen LogP contribution is 2.36. The standard InChI is InChI=1S/C20H28N2O3/c23-19(22-11-1-2-12-22)9-8-16-5-4-10-21(13-16)14-17-6-3-7-18-20(17)25-15-24-18/h3,6-7,16H,1-2,4-5,8-15H2/t16-/m0/s1. The van der Waals surface area contributed by atoms with Crippen LogP contribution in [-0.2, 0) is 11.3 Å². The second-order valence-electron chi connectivity index (χ2n) is 7.52. The summed E-state index contributed by atoms with van der Waals surface area (Å²) in [6, 6.07) is 6.14. The van der Waals surface area contributed by atoms with Crippen molar-refractivity contribution < 1.29 is 14.3 Å². The van der Waals surface area contributed by atoms with Crippen LogP contribution in [0.3, 0.4) is 0 Å². The van der Waals surface area contributed by atoms with Gasteiger partial charge in [0.15, 0.2) is 11.5 Å². The van der Waals surface area contributed by atoms with Gasteiger partial charge in [0.2, 0.25) is 12.7 Å². The topological polar surface area (TPSA) is 42.0 Å². The number of carbonyl (C=O) groups is 1. The van der Waals surface area contributed by atoms with Crippen LogP contribution in [0.4, 0.5) is 0 Å². The van der Waals surface area contributed by atoms with E-state index >= 15 is 0 Å². The minimum atomic E-state index is 0.327. The van der Waals surface area contributed by atoms with Crippen molar-refractivity contribution in [3.05, 3.63) is 23.8 Å². The molecule has 0 N–H and O–H groups in total. The Balaban J connectivity index is 1.29. The fourth-order valence-corrected chi connectivity index (χ4v) is 4.34. The summed E-state index contributed by atoms with van der Waals surface area (Å²) in [5.74, 6) is 2.77. The molecule has 136 valence electrons. The van der Waals surface area contributed by atoms with Crippen LogP contribution in [0.15, 0.2) is 18.2 Å². The van der Waals surface area contributed by atoms with Gasteiger partial charge in [-0.25, -0.2) is 0 Å². The molecule has 5 nitrogen and oxygen atoms in total. The van der Waals surface area contributed by atoms with E-state index in [1.807, 2.05) is 17.0 Å². The minimum absolute atomic E-state index is 0.327. The highest BCUT2D eigenvalue weighted by Gasteiger charge is 2.25. The Labute approximate surface area is 149 Å². The Morgan fingerprint density at radius 3 is 2.88 bits per heavy atom. The monoisotopic (exact) mass is 344 g/mol. The van der Waals surface area contributed by atoms with Crippen LogP contribution in [0.5, 0.6) is 11.5 Å². The van der Waals surface area contributed by atoms with Crippen LogP contribution in [0.25, 0.3) is 0 Å². The van der Waals surface area contributed by atoms with Crippen LogP contribution in [-0.4, -0.2) is 48.7 Å². The van der Waals surface area contributed by atoms with E-state index in [9.17, 15) is 4.79 Å². The molecule has 2 saturated heterocycles. The summed E-state index contributed by atoms with van der Waals surface area (Å²) in [5, 5.41) is 0. The smallest absolute Gasteiger partial charge is 0.231 e. The van der Waals surface area contributed by atoms with E-state index in [1.54, 1.807) is 0 Å². The Morgan fingerprint density at radius 1 is 1.12 bits per heavy atom. The number of carbonyl (C=O) groups excluding carboxylic acids is 1. The van der Waals surface area contributed by atoms with Gasteiger partial charge in [-0.15, -0.1) is 0 Å². The van der Waals surface area contributed by atoms with Crippen molar-refractivity contribution in [2.45, 2.75) is 45.1 Å². The van der Waals surface area contributed by atoms with E-state index in [0.29, 0.717) is 18.6 Å². The van der Waals surface area contributed by atoms with Crippen molar-refractivity contribution in [3.8, 4) is 11.5 Å². The highest BCUT2D eigenvalue weighted by molar-refractivity contribution is 5.76. The number of ether oxygens (including phenoxy) is 2. The van der Waals surface area contributed by atoms with Crippen LogP contribution in [0.1, 0.15) is 44.1 Å². The van der Waals surface area contributed by atoms with Gasteiger partial charge in [0.25, 0.3) is 0 Å². The van der Waals surface area contributed by atoms with Gasteiger partial charge in [0.05, 0.1) is 0 Å². The molecule has 0 radical (unpaired) electrons. The molecule has 1 amide bonds. The predicted molar refractivity (Wildman–Crippen MR) is 95.6 cm³/mol. The average Bonchev–Trinajstić information content (AvgIpc) is 3.32. The number of fused-ring (bicyclic) bond motifs is 1. The van der Waals surface area contributed by atoms with E-state index in [0.717, 1.165) is 57.1 Å². The maximum absolute atomic E-state index is 12.3. The molecule has 0 aromatic heterocycles. The molecule has 0 aliphatic carbocycles. The molecular weight excluding hydrogens is 316 g/mol. The highest BCUT2D eigenvalue weighted by atomic mass is 16.7. The number of rotatable bonds is 5. The minimum Gasteiger partial charge on any atom is -0.454 e. The number of nitrogens with zero attached hydrogens (tertiary/aromatic N) is 2. The van der Waals surface area contributed by atoms with E-state index in [-0.39, 0.29) is 0 Å². The number of para-hydroxylation sites is 1. The van der Waals surface area contributed by atoms with Crippen LogP contribution < -0.4 is 9.47 Å². The Kier molecular flexibility index (Phi) is 5.11. The fourth-order valence-electron chi connectivity index (χ4n) is 4.34. The second kappa shape index (κ2) is 7.65. The van der Waals surface area contributed by atoms with Crippen molar-refractivity contribution in [2.24, 2.45) is 5.92 Å². The molecular formula is C20H28N2O3. The summed E-state index contributed by atoms with van der Waals surface area (Å²) in [6.07, 6.45) is 6.56. The van der Waals surface area contributed by atoms with Gasteiger partial charge < -0.3 is 14.4 Å². The number of hydrogen-bond acceptors (Lipinski definition) is 4. The molecule has 1 atom stereocenters. The van der Waals surface area contributed by atoms with Crippen molar-refractivity contribution >= 4 is 5.91 Å². The molecule has 0 unspecified atom stereocenters. The van der Waals surface area contributed by atoms with Crippen molar-refractivity contribution in [3.63, 3.8) is 0 Å². The zero-order valence-electron chi connectivity index (χ0n) is 14.9. The van der Waals surface area contributed by atoms with Gasteiger partial charge in [-0.1, -0.05) is 12.1 Å². The van der Waals surface area contributed by atoms with Crippen LogP contribution >= 0.6 is 0 Å². The van der Waals surface area contributed by atoms with Gasteiger partial charge in [-0.3, -0.25) is 9.69 Å². The summed E-state index contributed by atoms with van der Waals surface area (Å²) in [6.45, 7) is 5.38. The first-order valence-electron chi connectivity index (χ1n) is 9.67. The van der Waals surface area contributed by atoms with Gasteiger partial charge in [-0.05, 0) is 50.6 Å². The molecule has 5 heteroatoms. The second-order valence-corrected chi connectivity index (χ2v) is 7.52. The third-order valence-corrected chi connectivity index (χ3v) is 5.70. The van der Waals surface area contributed by atoms with Gasteiger partial charge in [-0.2, -0.15) is 0 Å².